The topological polar surface area (TPSA) is 52.0 Å². The van der Waals surface area contributed by atoms with Crippen molar-refractivity contribution in [3.05, 3.63) is 6.33 Å². The first kappa shape index (κ1) is 9.98. The Morgan fingerprint density at radius 1 is 1.62 bits per heavy atom. The highest BCUT2D eigenvalue weighted by Crippen LogP contribution is 1.96. The SMILES string of the molecule is CC(C)NCCOc1ncn(C)n1. The summed E-state index contributed by atoms with van der Waals surface area (Å²) in [5.41, 5.74) is 0. The molecule has 0 fully saturated rings. The monoisotopic (exact) mass is 184 g/mol. The minimum atomic E-state index is 0.438. The van der Waals surface area contributed by atoms with Gasteiger partial charge in [-0.2, -0.15) is 4.98 Å². The molecule has 0 unspecified atom stereocenters. The molecule has 1 aromatic rings. The number of aryl methyl sites for hydroxylation is 1. The number of aromatic nitrogens is 3. The van der Waals surface area contributed by atoms with E-state index < -0.39 is 0 Å². The molecule has 5 heteroatoms. The molecule has 0 bridgehead atoms. The van der Waals surface area contributed by atoms with Gasteiger partial charge in [0.25, 0.3) is 0 Å². The zero-order chi connectivity index (χ0) is 9.68. The van der Waals surface area contributed by atoms with Crippen molar-refractivity contribution in [1.29, 1.82) is 0 Å². The van der Waals surface area contributed by atoms with Gasteiger partial charge >= 0.3 is 6.01 Å². The number of nitrogens with one attached hydrogen (secondary N) is 1. The molecule has 0 aliphatic heterocycles. The van der Waals surface area contributed by atoms with E-state index in [1.165, 1.54) is 0 Å². The van der Waals surface area contributed by atoms with Crippen molar-refractivity contribution in [2.45, 2.75) is 19.9 Å². The molecule has 5 nitrogen and oxygen atoms in total. The Hall–Kier alpha value is -1.10. The fourth-order valence-corrected chi connectivity index (χ4v) is 0.876. The van der Waals surface area contributed by atoms with Gasteiger partial charge in [0.05, 0.1) is 0 Å². The van der Waals surface area contributed by atoms with Gasteiger partial charge in [-0.3, -0.25) is 4.68 Å². The molecule has 0 amide bonds. The van der Waals surface area contributed by atoms with E-state index in [0.717, 1.165) is 6.54 Å². The number of ether oxygens (including phenoxy) is 1. The smallest absolute Gasteiger partial charge is 0.335 e. The summed E-state index contributed by atoms with van der Waals surface area (Å²) in [4.78, 5) is 3.93. The summed E-state index contributed by atoms with van der Waals surface area (Å²) in [6, 6.07) is 0.924. The standard InChI is InChI=1S/C8H16N4O/c1-7(2)9-4-5-13-8-10-6-12(3)11-8/h6-7,9H,4-5H2,1-3H3. The number of rotatable bonds is 5. The van der Waals surface area contributed by atoms with Crippen LogP contribution < -0.4 is 10.1 Å². The third-order valence-electron chi connectivity index (χ3n) is 1.46. The van der Waals surface area contributed by atoms with Crippen molar-refractivity contribution in [3.63, 3.8) is 0 Å². The lowest BCUT2D eigenvalue weighted by molar-refractivity contribution is 0.285. The lowest BCUT2D eigenvalue weighted by Crippen LogP contribution is -2.27. The van der Waals surface area contributed by atoms with Crippen LogP contribution in [0.5, 0.6) is 6.01 Å². The lowest BCUT2D eigenvalue weighted by atomic mass is 10.4. The largest absolute Gasteiger partial charge is 0.461 e. The van der Waals surface area contributed by atoms with Crippen LogP contribution in [0.4, 0.5) is 0 Å². The molecule has 1 heterocycles. The van der Waals surface area contributed by atoms with Crippen LogP contribution in [-0.2, 0) is 7.05 Å². The Morgan fingerprint density at radius 2 is 2.38 bits per heavy atom. The number of nitrogens with zero attached hydrogens (tertiary/aromatic N) is 3. The first-order valence-electron chi connectivity index (χ1n) is 4.40. The van der Waals surface area contributed by atoms with E-state index in [4.69, 9.17) is 4.74 Å². The molecular weight excluding hydrogens is 168 g/mol. The van der Waals surface area contributed by atoms with E-state index in [1.54, 1.807) is 11.0 Å². The van der Waals surface area contributed by atoms with Crippen LogP contribution in [0.25, 0.3) is 0 Å². The Kier molecular flexibility index (Phi) is 3.70. The van der Waals surface area contributed by atoms with E-state index in [0.29, 0.717) is 18.7 Å². The van der Waals surface area contributed by atoms with Crippen molar-refractivity contribution in [1.82, 2.24) is 20.1 Å². The normalized spacial score (nSPS) is 10.8. The molecule has 1 N–H and O–H groups in total. The molecule has 0 aliphatic carbocycles. The molecule has 0 saturated heterocycles. The summed E-state index contributed by atoms with van der Waals surface area (Å²) in [6.45, 7) is 5.61. The Morgan fingerprint density at radius 3 is 2.92 bits per heavy atom. The zero-order valence-electron chi connectivity index (χ0n) is 8.32. The maximum atomic E-state index is 5.27. The summed E-state index contributed by atoms with van der Waals surface area (Å²) in [6.07, 6.45) is 1.62. The summed E-state index contributed by atoms with van der Waals surface area (Å²) >= 11 is 0. The van der Waals surface area contributed by atoms with E-state index in [2.05, 4.69) is 29.2 Å². The molecule has 0 radical (unpaired) electrons. The van der Waals surface area contributed by atoms with Crippen molar-refractivity contribution in [2.75, 3.05) is 13.2 Å². The second-order valence-electron chi connectivity index (χ2n) is 3.16. The summed E-state index contributed by atoms with van der Waals surface area (Å²) in [7, 11) is 1.81. The number of hydrogen-bond acceptors (Lipinski definition) is 4. The summed E-state index contributed by atoms with van der Waals surface area (Å²) < 4.78 is 6.89. The van der Waals surface area contributed by atoms with E-state index in [1.807, 2.05) is 7.05 Å². The van der Waals surface area contributed by atoms with Gasteiger partial charge in [0.15, 0.2) is 0 Å². The predicted octanol–water partition coefficient (Wildman–Crippen LogP) is 0.192. The molecule has 0 aromatic carbocycles. The molecule has 0 spiro atoms. The highest BCUT2D eigenvalue weighted by molar-refractivity contribution is 4.86. The van der Waals surface area contributed by atoms with Crippen molar-refractivity contribution < 1.29 is 4.74 Å². The van der Waals surface area contributed by atoms with Crippen LogP contribution in [0.2, 0.25) is 0 Å². The minimum absolute atomic E-state index is 0.438. The van der Waals surface area contributed by atoms with Crippen molar-refractivity contribution in [3.8, 4) is 6.01 Å². The molecule has 0 atom stereocenters. The average molecular weight is 184 g/mol. The fraction of sp³-hybridized carbons (Fsp3) is 0.750. The van der Waals surface area contributed by atoms with E-state index >= 15 is 0 Å². The van der Waals surface area contributed by atoms with Gasteiger partial charge in [-0.25, -0.2) is 0 Å². The quantitative estimate of drug-likeness (QED) is 0.664. The first-order chi connectivity index (χ1) is 6.18. The lowest BCUT2D eigenvalue weighted by Gasteiger charge is -2.06. The van der Waals surface area contributed by atoms with Gasteiger partial charge in [0.2, 0.25) is 0 Å². The fourth-order valence-electron chi connectivity index (χ4n) is 0.876. The van der Waals surface area contributed by atoms with Crippen LogP contribution >= 0.6 is 0 Å². The molecule has 1 rings (SSSR count). The van der Waals surface area contributed by atoms with Gasteiger partial charge in [0.1, 0.15) is 12.9 Å². The van der Waals surface area contributed by atoms with Gasteiger partial charge in [-0.15, -0.1) is 5.10 Å². The maximum Gasteiger partial charge on any atom is 0.335 e. The second-order valence-corrected chi connectivity index (χ2v) is 3.16. The third kappa shape index (κ3) is 3.89. The van der Waals surface area contributed by atoms with Gasteiger partial charge in [-0.05, 0) is 0 Å². The van der Waals surface area contributed by atoms with Crippen LogP contribution in [0.15, 0.2) is 6.33 Å². The Balaban J connectivity index is 2.13. The van der Waals surface area contributed by atoms with Crippen molar-refractivity contribution >= 4 is 0 Å². The Labute approximate surface area is 78.1 Å². The first-order valence-corrected chi connectivity index (χ1v) is 4.40. The summed E-state index contributed by atoms with van der Waals surface area (Å²) in [5.74, 6) is 0. The second kappa shape index (κ2) is 4.81. The molecule has 13 heavy (non-hydrogen) atoms. The van der Waals surface area contributed by atoms with E-state index in [9.17, 15) is 0 Å². The molecular formula is C8H16N4O. The molecule has 0 saturated carbocycles. The predicted molar refractivity (Wildman–Crippen MR) is 49.6 cm³/mol. The average Bonchev–Trinajstić information content (AvgIpc) is 2.45. The van der Waals surface area contributed by atoms with Crippen molar-refractivity contribution in [2.24, 2.45) is 7.05 Å². The van der Waals surface area contributed by atoms with Gasteiger partial charge < -0.3 is 10.1 Å². The third-order valence-corrected chi connectivity index (χ3v) is 1.46. The van der Waals surface area contributed by atoms with Gasteiger partial charge in [-0.1, -0.05) is 13.8 Å². The maximum absolute atomic E-state index is 5.27. The van der Waals surface area contributed by atoms with Crippen LogP contribution in [0, 0.1) is 0 Å². The van der Waals surface area contributed by atoms with Crippen LogP contribution in [0.1, 0.15) is 13.8 Å². The molecule has 1 aromatic heterocycles. The van der Waals surface area contributed by atoms with E-state index in [-0.39, 0.29) is 0 Å². The Bertz CT molecular complexity index is 246. The highest BCUT2D eigenvalue weighted by Gasteiger charge is 1.98. The highest BCUT2D eigenvalue weighted by atomic mass is 16.5. The zero-order valence-corrected chi connectivity index (χ0v) is 8.32. The molecule has 0 aliphatic rings. The summed E-state index contributed by atoms with van der Waals surface area (Å²) in [5, 5.41) is 7.22. The number of hydrogen-bond donors (Lipinski definition) is 1. The minimum Gasteiger partial charge on any atom is -0.461 e. The van der Waals surface area contributed by atoms with Crippen LogP contribution in [-0.4, -0.2) is 34.0 Å². The molecule has 74 valence electrons. The van der Waals surface area contributed by atoms with Gasteiger partial charge in [0, 0.05) is 19.6 Å². The van der Waals surface area contributed by atoms with Crippen LogP contribution in [0.3, 0.4) is 0 Å².